The quantitative estimate of drug-likeness (QED) is 0.640. The van der Waals surface area contributed by atoms with Crippen molar-refractivity contribution in [1.29, 1.82) is 0 Å². The van der Waals surface area contributed by atoms with Crippen LogP contribution >= 0.6 is 0 Å². The molecule has 116 valence electrons. The Balaban J connectivity index is 1.58. The average molecular weight is 290 g/mol. The first-order valence-corrected chi connectivity index (χ1v) is 8.34. The fourth-order valence-corrected chi connectivity index (χ4v) is 4.20. The normalized spacial score (nSPS) is 38.9. The molecule has 0 bridgehead atoms. The van der Waals surface area contributed by atoms with Gasteiger partial charge in [-0.05, 0) is 49.5 Å². The van der Waals surface area contributed by atoms with Crippen molar-refractivity contribution in [2.45, 2.75) is 50.7 Å². The van der Waals surface area contributed by atoms with E-state index in [9.17, 15) is 10.0 Å². The lowest BCUT2D eigenvalue weighted by molar-refractivity contribution is 0.213. The average Bonchev–Trinajstić information content (AvgIpc) is 3.01. The second-order valence-corrected chi connectivity index (χ2v) is 6.85. The molecule has 1 N–H and O–H groups in total. The number of hydrogen-bond donors (Lipinski definition) is 1. The van der Waals surface area contributed by atoms with Crippen molar-refractivity contribution in [3.05, 3.63) is 28.7 Å². The van der Waals surface area contributed by atoms with E-state index in [2.05, 4.69) is 16.2 Å². The fraction of sp³-hybridized carbons (Fsp3) is 0.765. The van der Waals surface area contributed by atoms with Crippen LogP contribution in [0.4, 0.5) is 0 Å². The molecule has 0 radical (unpaired) electrons. The first kappa shape index (κ1) is 14.9. The van der Waals surface area contributed by atoms with E-state index in [0.29, 0.717) is 0 Å². The molecule has 0 aromatic heterocycles. The van der Waals surface area contributed by atoms with Crippen LogP contribution in [0.25, 0.3) is 0 Å². The summed E-state index contributed by atoms with van der Waals surface area (Å²) in [6, 6.07) is -0.219. The van der Waals surface area contributed by atoms with Crippen LogP contribution in [0.5, 0.6) is 0 Å². The number of likely N-dealkylation sites (tertiary alicyclic amines) is 1. The summed E-state index contributed by atoms with van der Waals surface area (Å²) in [5, 5.41) is 13.0. The van der Waals surface area contributed by atoms with Gasteiger partial charge in [0, 0.05) is 19.6 Å². The zero-order chi connectivity index (χ0) is 14.7. The van der Waals surface area contributed by atoms with Crippen LogP contribution in [0, 0.1) is 16.7 Å². The second-order valence-electron chi connectivity index (χ2n) is 6.85. The molecule has 1 aliphatic heterocycles. The van der Waals surface area contributed by atoms with Crippen molar-refractivity contribution in [3.63, 3.8) is 0 Å². The van der Waals surface area contributed by atoms with E-state index in [1.165, 1.54) is 19.3 Å². The van der Waals surface area contributed by atoms with Gasteiger partial charge in [0.05, 0.1) is 6.10 Å². The minimum Gasteiger partial charge on any atom is -0.389 e. The lowest BCUT2D eigenvalue weighted by Crippen LogP contribution is -2.31. The predicted molar refractivity (Wildman–Crippen MR) is 83.9 cm³/mol. The lowest BCUT2D eigenvalue weighted by Gasteiger charge is -2.22. The highest BCUT2D eigenvalue weighted by Crippen LogP contribution is 2.38. The summed E-state index contributed by atoms with van der Waals surface area (Å²) in [7, 11) is 0. The summed E-state index contributed by atoms with van der Waals surface area (Å²) >= 11 is 0. The van der Waals surface area contributed by atoms with Gasteiger partial charge in [-0.25, -0.2) is 0 Å². The molecule has 1 heterocycles. The topological polar surface area (TPSA) is 52.9 Å². The minimum absolute atomic E-state index is 0.219. The molecule has 0 amide bonds. The van der Waals surface area contributed by atoms with Crippen molar-refractivity contribution in [2.75, 3.05) is 19.6 Å². The monoisotopic (exact) mass is 290 g/mol. The number of nitroso groups, excluding NO2 is 1. The molecule has 2 aliphatic carbocycles. The van der Waals surface area contributed by atoms with E-state index in [1.54, 1.807) is 0 Å². The molecule has 0 spiro atoms. The molecule has 4 heteroatoms. The molecule has 4 unspecified atom stereocenters. The van der Waals surface area contributed by atoms with Gasteiger partial charge in [0.25, 0.3) is 0 Å². The molecule has 4 atom stereocenters. The molecule has 21 heavy (non-hydrogen) atoms. The van der Waals surface area contributed by atoms with Crippen LogP contribution in [-0.4, -0.2) is 41.8 Å². The maximum Gasteiger partial charge on any atom is 0.126 e. The summed E-state index contributed by atoms with van der Waals surface area (Å²) in [5.41, 5.74) is 1.13. The van der Waals surface area contributed by atoms with Gasteiger partial charge in [0.1, 0.15) is 6.04 Å². The van der Waals surface area contributed by atoms with Crippen molar-refractivity contribution in [1.82, 2.24) is 4.90 Å². The van der Waals surface area contributed by atoms with E-state index < -0.39 is 0 Å². The summed E-state index contributed by atoms with van der Waals surface area (Å²) in [5.74, 6) is 1.72. The maximum atomic E-state index is 11.3. The van der Waals surface area contributed by atoms with E-state index in [0.717, 1.165) is 56.3 Å². The fourth-order valence-electron chi connectivity index (χ4n) is 4.20. The Morgan fingerprint density at radius 3 is 2.76 bits per heavy atom. The summed E-state index contributed by atoms with van der Waals surface area (Å²) in [6.45, 7) is 3.08. The number of fused-ring (bicyclic) bond motifs is 1. The van der Waals surface area contributed by atoms with Crippen molar-refractivity contribution < 1.29 is 5.11 Å². The van der Waals surface area contributed by atoms with Gasteiger partial charge in [-0.15, -0.1) is 0 Å². The Labute approximate surface area is 126 Å². The van der Waals surface area contributed by atoms with Gasteiger partial charge in [-0.3, -0.25) is 0 Å². The van der Waals surface area contributed by atoms with Gasteiger partial charge < -0.3 is 10.0 Å². The van der Waals surface area contributed by atoms with Crippen LogP contribution in [0.1, 0.15) is 38.5 Å². The number of allylic oxidation sites excluding steroid dienone is 2. The highest BCUT2D eigenvalue weighted by Gasteiger charge is 2.37. The molecular weight excluding hydrogens is 264 g/mol. The van der Waals surface area contributed by atoms with Crippen LogP contribution in [0.15, 0.2) is 29.0 Å². The third-order valence-corrected chi connectivity index (χ3v) is 5.37. The number of nitrogens with zero attached hydrogens (tertiary/aromatic N) is 2. The van der Waals surface area contributed by atoms with Crippen molar-refractivity contribution in [3.8, 4) is 0 Å². The molecule has 0 aromatic carbocycles. The lowest BCUT2D eigenvalue weighted by atomic mass is 9.98. The summed E-state index contributed by atoms with van der Waals surface area (Å²) in [4.78, 5) is 13.8. The number of hydrogen-bond acceptors (Lipinski definition) is 4. The standard InChI is InChI=1S/C17H26N2O2/c20-16-8-2-4-13(5-3-9-16)17(18-21)12-19-10-14-6-1-7-15(14)11-19/h2,5,8,14-17,20H,1,3-4,6-7,9-12H2/b8-2-,13-5+. The molecule has 4 nitrogen and oxygen atoms in total. The molecule has 2 fully saturated rings. The SMILES string of the molecule is O=NC(CN1CC2CCCC2C1)/C1=C/CCC(O)/C=C\C1. The van der Waals surface area contributed by atoms with Gasteiger partial charge in [-0.2, -0.15) is 4.91 Å². The highest BCUT2D eigenvalue weighted by atomic mass is 16.3. The molecule has 3 aliphatic rings. The number of aliphatic hydroxyl groups is 1. The smallest absolute Gasteiger partial charge is 0.126 e. The third-order valence-electron chi connectivity index (χ3n) is 5.37. The van der Waals surface area contributed by atoms with E-state index >= 15 is 0 Å². The minimum atomic E-state index is -0.344. The van der Waals surface area contributed by atoms with Crippen LogP contribution in [0.3, 0.4) is 0 Å². The van der Waals surface area contributed by atoms with Crippen LogP contribution in [-0.2, 0) is 0 Å². The van der Waals surface area contributed by atoms with Gasteiger partial charge in [0.2, 0.25) is 0 Å². The molecule has 1 saturated heterocycles. The Kier molecular flexibility index (Phi) is 4.86. The third kappa shape index (κ3) is 3.61. The summed E-state index contributed by atoms with van der Waals surface area (Å²) in [6.07, 6.45) is 12.0. The first-order chi connectivity index (χ1) is 10.3. The largest absolute Gasteiger partial charge is 0.389 e. The highest BCUT2D eigenvalue weighted by molar-refractivity contribution is 5.18. The molecular formula is C17H26N2O2. The maximum absolute atomic E-state index is 11.3. The predicted octanol–water partition coefficient (Wildman–Crippen LogP) is 2.88. The first-order valence-electron chi connectivity index (χ1n) is 8.34. The van der Waals surface area contributed by atoms with Gasteiger partial charge in [0.15, 0.2) is 0 Å². The van der Waals surface area contributed by atoms with Gasteiger partial charge in [-0.1, -0.05) is 29.8 Å². The number of rotatable bonds is 4. The Morgan fingerprint density at radius 1 is 1.29 bits per heavy atom. The summed E-state index contributed by atoms with van der Waals surface area (Å²) < 4.78 is 0. The van der Waals surface area contributed by atoms with Crippen LogP contribution < -0.4 is 0 Å². The van der Waals surface area contributed by atoms with Crippen molar-refractivity contribution >= 4 is 0 Å². The van der Waals surface area contributed by atoms with Crippen molar-refractivity contribution in [2.24, 2.45) is 17.0 Å². The van der Waals surface area contributed by atoms with E-state index in [4.69, 9.17) is 0 Å². The zero-order valence-corrected chi connectivity index (χ0v) is 12.7. The second kappa shape index (κ2) is 6.84. The molecule has 1 saturated carbocycles. The van der Waals surface area contributed by atoms with Gasteiger partial charge >= 0.3 is 0 Å². The Bertz CT molecular complexity index is 421. The number of aliphatic hydroxyl groups excluding tert-OH is 1. The van der Waals surface area contributed by atoms with Crippen LogP contribution in [0.2, 0.25) is 0 Å². The Hall–Kier alpha value is -1.00. The van der Waals surface area contributed by atoms with E-state index in [-0.39, 0.29) is 12.1 Å². The van der Waals surface area contributed by atoms with E-state index in [1.807, 2.05) is 12.2 Å². The molecule has 0 aromatic rings. The molecule has 3 rings (SSSR count). The Morgan fingerprint density at radius 2 is 2.05 bits per heavy atom. The zero-order valence-electron chi connectivity index (χ0n) is 12.7.